The van der Waals surface area contributed by atoms with Crippen molar-refractivity contribution in [2.75, 3.05) is 0 Å². The lowest BCUT2D eigenvalue weighted by atomic mass is 9.99. The van der Waals surface area contributed by atoms with Gasteiger partial charge >= 0.3 is 11.9 Å². The number of rotatable bonds is 25. The van der Waals surface area contributed by atoms with Crippen molar-refractivity contribution in [3.8, 4) is 5.75 Å². The number of carboxylic acid groups (broad SMARTS) is 2. The lowest BCUT2D eigenvalue weighted by molar-refractivity contribution is -0.143. The molecule has 18 heteroatoms. The molecule has 0 saturated heterocycles. The van der Waals surface area contributed by atoms with Gasteiger partial charge in [-0.2, -0.15) is 0 Å². The molecule has 58 heavy (non-hydrogen) atoms. The zero-order valence-electron chi connectivity index (χ0n) is 35.1. The van der Waals surface area contributed by atoms with Gasteiger partial charge in [-0.15, -0.1) is 0 Å². The Morgan fingerprint density at radius 2 is 1.02 bits per heavy atom. The smallest absolute Gasteiger partial charge is 0.326 e. The quantitative estimate of drug-likeness (QED) is 0.0660. The number of amides is 6. The van der Waals surface area contributed by atoms with E-state index in [1.807, 2.05) is 13.8 Å². The maximum atomic E-state index is 13.8. The van der Waals surface area contributed by atoms with E-state index in [1.54, 1.807) is 41.5 Å². The van der Waals surface area contributed by atoms with Crippen LogP contribution in [-0.4, -0.2) is 105 Å². The average Bonchev–Trinajstić information content (AvgIpc) is 3.10. The van der Waals surface area contributed by atoms with Gasteiger partial charge in [0.15, 0.2) is 0 Å². The molecule has 0 heterocycles. The standard InChI is InChI=1S/C40H65N7O11/c1-20(2)16-27(41)35(52)47-33(23(7)8)39(56)43-28(14-15-32(49)50)36(53)42-24(9)34(51)44-29(17-21(3)4)37(54)45-30(19-25-10-12-26(48)13-11-25)38(55)46-31(40(57)58)18-22(5)6/h10-13,20-24,27-31,33,48H,14-19,41H2,1-9H3,(H,42,53)(H,43,56)(H,44,51)(H,45,54)(H,46,55)(H,47,52)(H,49,50)(H,57,58)/t24-,27-,28-,29-,30-,31-,33-/m0/s1. The number of hydrogen-bond acceptors (Lipinski definition) is 10. The van der Waals surface area contributed by atoms with Crippen LogP contribution in [0, 0.1) is 23.7 Å². The first-order chi connectivity index (χ1) is 26.9. The molecule has 0 radical (unpaired) electrons. The van der Waals surface area contributed by atoms with E-state index in [0.29, 0.717) is 12.0 Å². The van der Waals surface area contributed by atoms with E-state index in [0.717, 1.165) is 0 Å². The van der Waals surface area contributed by atoms with E-state index in [2.05, 4.69) is 31.9 Å². The van der Waals surface area contributed by atoms with Crippen molar-refractivity contribution in [1.82, 2.24) is 31.9 Å². The van der Waals surface area contributed by atoms with Crippen molar-refractivity contribution in [3.05, 3.63) is 29.8 Å². The number of phenols is 1. The van der Waals surface area contributed by atoms with Crippen molar-refractivity contribution in [2.45, 2.75) is 143 Å². The van der Waals surface area contributed by atoms with Crippen LogP contribution in [-0.2, 0) is 44.8 Å². The van der Waals surface area contributed by atoms with Gasteiger partial charge in [-0.3, -0.25) is 33.6 Å². The molecule has 0 aliphatic heterocycles. The molecule has 1 aromatic carbocycles. The second kappa shape index (κ2) is 24.5. The first-order valence-electron chi connectivity index (χ1n) is 19.7. The van der Waals surface area contributed by atoms with E-state index >= 15 is 0 Å². The maximum absolute atomic E-state index is 13.8. The molecule has 1 aromatic rings. The molecule has 18 nitrogen and oxygen atoms in total. The number of carbonyl (C=O) groups excluding carboxylic acids is 6. The highest BCUT2D eigenvalue weighted by molar-refractivity contribution is 5.97. The summed E-state index contributed by atoms with van der Waals surface area (Å²) in [5, 5.41) is 44.1. The molecule has 0 fully saturated rings. The minimum Gasteiger partial charge on any atom is -0.508 e. The number of carboxylic acids is 2. The molecule has 0 unspecified atom stereocenters. The van der Waals surface area contributed by atoms with Gasteiger partial charge in [0, 0.05) is 12.8 Å². The molecular formula is C40H65N7O11. The Hall–Kier alpha value is -5.26. The summed E-state index contributed by atoms with van der Waals surface area (Å²) in [5.41, 5.74) is 6.53. The number of nitrogens with one attached hydrogen (secondary N) is 6. The first kappa shape index (κ1) is 50.8. The van der Waals surface area contributed by atoms with Crippen LogP contribution < -0.4 is 37.6 Å². The second-order valence-corrected chi connectivity index (χ2v) is 16.3. The fourth-order valence-electron chi connectivity index (χ4n) is 5.90. The van der Waals surface area contributed by atoms with Gasteiger partial charge in [-0.05, 0) is 74.0 Å². The summed E-state index contributed by atoms with van der Waals surface area (Å²) in [6, 6.07) is -2.64. The molecular weight excluding hydrogens is 754 g/mol. The van der Waals surface area contributed by atoms with Gasteiger partial charge < -0.3 is 53.0 Å². The number of aromatic hydroxyl groups is 1. The molecule has 11 N–H and O–H groups in total. The largest absolute Gasteiger partial charge is 0.508 e. The topological polar surface area (TPSA) is 295 Å². The van der Waals surface area contributed by atoms with Crippen LogP contribution in [0.2, 0.25) is 0 Å². The monoisotopic (exact) mass is 819 g/mol. The fourth-order valence-corrected chi connectivity index (χ4v) is 5.90. The SMILES string of the molecule is CC(C)C[C@H](NC(=O)[C@H](Cc1ccc(O)cc1)NC(=O)[C@H](CC(C)C)NC(=O)[C@H](C)NC(=O)[C@H](CCC(=O)O)NC(=O)[C@@H](NC(=O)[C@@H](N)CC(C)C)C(C)C)C(=O)O. The van der Waals surface area contributed by atoms with E-state index in [-0.39, 0.29) is 49.2 Å². The van der Waals surface area contributed by atoms with Crippen LogP contribution in [0.4, 0.5) is 0 Å². The van der Waals surface area contributed by atoms with Gasteiger partial charge in [0.25, 0.3) is 0 Å². The highest BCUT2D eigenvalue weighted by Crippen LogP contribution is 2.14. The summed E-state index contributed by atoms with van der Waals surface area (Å²) in [4.78, 5) is 104. The second-order valence-electron chi connectivity index (χ2n) is 16.3. The molecule has 0 aliphatic carbocycles. The normalized spacial score (nSPS) is 15.0. The fraction of sp³-hybridized carbons (Fsp3) is 0.650. The van der Waals surface area contributed by atoms with E-state index in [4.69, 9.17) is 5.73 Å². The Labute approximate surface area is 340 Å². The molecule has 326 valence electrons. The Kier molecular flexibility index (Phi) is 21.4. The number of hydrogen-bond donors (Lipinski definition) is 10. The van der Waals surface area contributed by atoms with Crippen LogP contribution in [0.25, 0.3) is 0 Å². The van der Waals surface area contributed by atoms with E-state index in [9.17, 15) is 53.7 Å². The van der Waals surface area contributed by atoms with E-state index in [1.165, 1.54) is 31.2 Å². The van der Waals surface area contributed by atoms with Gasteiger partial charge in [-0.1, -0.05) is 67.5 Å². The summed E-state index contributed by atoms with van der Waals surface area (Å²) < 4.78 is 0. The molecule has 0 aromatic heterocycles. The summed E-state index contributed by atoms with van der Waals surface area (Å²) in [6.07, 6.45) is -0.372. The van der Waals surface area contributed by atoms with Crippen LogP contribution in [0.15, 0.2) is 24.3 Å². The van der Waals surface area contributed by atoms with Gasteiger partial charge in [0.1, 0.15) is 42.0 Å². The van der Waals surface area contributed by atoms with Crippen LogP contribution >= 0.6 is 0 Å². The third kappa shape index (κ3) is 18.8. The number of benzene rings is 1. The van der Waals surface area contributed by atoms with Crippen LogP contribution in [0.3, 0.4) is 0 Å². The summed E-state index contributed by atoms with van der Waals surface area (Å²) in [5.74, 6) is -7.68. The molecule has 6 amide bonds. The Morgan fingerprint density at radius 1 is 0.552 bits per heavy atom. The molecule has 0 bridgehead atoms. The van der Waals surface area contributed by atoms with Crippen molar-refractivity contribution >= 4 is 47.4 Å². The van der Waals surface area contributed by atoms with Crippen molar-refractivity contribution in [1.29, 1.82) is 0 Å². The van der Waals surface area contributed by atoms with E-state index < -0.39 is 102 Å². The summed E-state index contributed by atoms with van der Waals surface area (Å²) in [7, 11) is 0. The third-order valence-electron chi connectivity index (χ3n) is 9.01. The highest BCUT2D eigenvalue weighted by atomic mass is 16.4. The highest BCUT2D eigenvalue weighted by Gasteiger charge is 2.34. The molecule has 0 spiro atoms. The molecule has 0 aliphatic rings. The molecule has 7 atom stereocenters. The number of phenolic OH excluding ortho intramolecular Hbond substituents is 1. The number of nitrogens with two attached hydrogens (primary N) is 1. The molecule has 0 saturated carbocycles. The van der Waals surface area contributed by atoms with Crippen LogP contribution in [0.5, 0.6) is 5.75 Å². The predicted molar refractivity (Wildman–Crippen MR) is 215 cm³/mol. The van der Waals surface area contributed by atoms with Gasteiger partial charge in [0.05, 0.1) is 6.04 Å². The number of carbonyl (C=O) groups is 8. The number of aliphatic carboxylic acids is 2. The predicted octanol–water partition coefficient (Wildman–Crippen LogP) is 0.934. The Bertz CT molecular complexity index is 1570. The Morgan fingerprint density at radius 3 is 1.52 bits per heavy atom. The Balaban J connectivity index is 3.25. The maximum Gasteiger partial charge on any atom is 0.326 e. The van der Waals surface area contributed by atoms with Crippen LogP contribution in [0.1, 0.15) is 100.0 Å². The van der Waals surface area contributed by atoms with Crippen molar-refractivity contribution < 1.29 is 53.7 Å². The van der Waals surface area contributed by atoms with Crippen molar-refractivity contribution in [2.24, 2.45) is 29.4 Å². The summed E-state index contributed by atoms with van der Waals surface area (Å²) >= 11 is 0. The zero-order valence-corrected chi connectivity index (χ0v) is 35.1. The minimum absolute atomic E-state index is 0.0286. The lowest BCUT2D eigenvalue weighted by Crippen LogP contribution is -2.60. The van der Waals surface area contributed by atoms with Gasteiger partial charge in [0.2, 0.25) is 35.4 Å². The third-order valence-corrected chi connectivity index (χ3v) is 9.01. The lowest BCUT2D eigenvalue weighted by Gasteiger charge is -2.28. The van der Waals surface area contributed by atoms with Crippen molar-refractivity contribution in [3.63, 3.8) is 0 Å². The minimum atomic E-state index is -1.43. The molecule has 1 rings (SSSR count). The summed E-state index contributed by atoms with van der Waals surface area (Å²) in [6.45, 7) is 15.6. The first-order valence-corrected chi connectivity index (χ1v) is 19.7. The zero-order chi connectivity index (χ0) is 44.4. The average molecular weight is 820 g/mol. The van der Waals surface area contributed by atoms with Gasteiger partial charge in [-0.25, -0.2) is 4.79 Å².